The highest BCUT2D eigenvalue weighted by Crippen LogP contribution is 2.37. The minimum atomic E-state index is 0.873. The quantitative estimate of drug-likeness (QED) is 0.345. The summed E-state index contributed by atoms with van der Waals surface area (Å²) in [7, 11) is 0. The molecule has 2 nitrogen and oxygen atoms in total. The third-order valence-electron chi connectivity index (χ3n) is 4.47. The van der Waals surface area contributed by atoms with Crippen molar-refractivity contribution in [2.24, 2.45) is 0 Å². The van der Waals surface area contributed by atoms with E-state index in [2.05, 4.69) is 81.9 Å². The lowest BCUT2D eigenvalue weighted by Crippen LogP contribution is -1.91. The van der Waals surface area contributed by atoms with Crippen molar-refractivity contribution in [3.05, 3.63) is 83.3 Å². The minimum Gasteiger partial charge on any atom is -0.454 e. The summed E-state index contributed by atoms with van der Waals surface area (Å²) in [5.41, 5.74) is 3.77. The molecule has 0 amide bonds. The van der Waals surface area contributed by atoms with Gasteiger partial charge in [-0.25, -0.2) is 0 Å². The van der Waals surface area contributed by atoms with E-state index >= 15 is 0 Å². The molecule has 0 aliphatic carbocycles. The second kappa shape index (κ2) is 5.64. The molecule has 0 fully saturated rings. The average molecular weight is 388 g/mol. The summed E-state index contributed by atoms with van der Waals surface area (Å²) in [5.74, 6) is 0. The SMILES string of the molecule is Brc1cc(Nc2ccc3ccccc3c2)c2oc3ccccc3c2c1. The fraction of sp³-hybridized carbons (Fsp3) is 0. The van der Waals surface area contributed by atoms with E-state index in [1.54, 1.807) is 0 Å². The Morgan fingerprint density at radius 1 is 0.720 bits per heavy atom. The van der Waals surface area contributed by atoms with Gasteiger partial charge in [-0.3, -0.25) is 0 Å². The number of nitrogens with one attached hydrogen (secondary N) is 1. The molecule has 0 spiro atoms. The van der Waals surface area contributed by atoms with Gasteiger partial charge in [-0.05, 0) is 41.1 Å². The summed E-state index contributed by atoms with van der Waals surface area (Å²) in [6.07, 6.45) is 0. The fourth-order valence-electron chi connectivity index (χ4n) is 3.31. The van der Waals surface area contributed by atoms with E-state index in [1.165, 1.54) is 10.8 Å². The van der Waals surface area contributed by atoms with Gasteiger partial charge in [0.2, 0.25) is 0 Å². The molecule has 1 N–H and O–H groups in total. The molecule has 120 valence electrons. The monoisotopic (exact) mass is 387 g/mol. The summed E-state index contributed by atoms with van der Waals surface area (Å²) < 4.78 is 7.14. The standard InChI is InChI=1S/C22H14BrNO/c23-16-12-19-18-7-3-4-8-21(18)25-22(19)20(13-16)24-17-10-9-14-5-1-2-6-15(14)11-17/h1-13,24H. The molecule has 0 unspecified atom stereocenters. The van der Waals surface area contributed by atoms with Crippen molar-refractivity contribution < 1.29 is 4.42 Å². The first-order valence-electron chi connectivity index (χ1n) is 8.14. The number of hydrogen-bond acceptors (Lipinski definition) is 2. The maximum atomic E-state index is 6.11. The number of rotatable bonds is 2. The van der Waals surface area contributed by atoms with Gasteiger partial charge in [0.1, 0.15) is 5.58 Å². The van der Waals surface area contributed by atoms with Crippen LogP contribution in [0, 0.1) is 0 Å². The van der Waals surface area contributed by atoms with Crippen LogP contribution < -0.4 is 5.32 Å². The maximum Gasteiger partial charge on any atom is 0.158 e. The van der Waals surface area contributed by atoms with E-state index in [9.17, 15) is 0 Å². The first-order chi connectivity index (χ1) is 12.3. The highest BCUT2D eigenvalue weighted by atomic mass is 79.9. The molecule has 0 aliphatic rings. The predicted molar refractivity (Wildman–Crippen MR) is 109 cm³/mol. The molecule has 5 rings (SSSR count). The zero-order valence-corrected chi connectivity index (χ0v) is 14.9. The third-order valence-corrected chi connectivity index (χ3v) is 4.93. The molecular weight excluding hydrogens is 374 g/mol. The Morgan fingerprint density at radius 3 is 2.44 bits per heavy atom. The normalized spacial score (nSPS) is 11.4. The van der Waals surface area contributed by atoms with Crippen molar-refractivity contribution in [2.45, 2.75) is 0 Å². The van der Waals surface area contributed by atoms with Crippen LogP contribution in [0.5, 0.6) is 0 Å². The predicted octanol–water partition coefficient (Wildman–Crippen LogP) is 7.25. The lowest BCUT2D eigenvalue weighted by atomic mass is 10.1. The number of fused-ring (bicyclic) bond motifs is 4. The second-order valence-electron chi connectivity index (χ2n) is 6.12. The van der Waals surface area contributed by atoms with E-state index in [4.69, 9.17) is 4.42 Å². The number of para-hydroxylation sites is 1. The van der Waals surface area contributed by atoms with E-state index < -0.39 is 0 Å². The number of furan rings is 1. The Kier molecular flexibility index (Phi) is 3.28. The van der Waals surface area contributed by atoms with Crippen LogP contribution in [0.3, 0.4) is 0 Å². The Labute approximate surface area is 153 Å². The molecule has 0 saturated heterocycles. The first kappa shape index (κ1) is 14.6. The number of halogens is 1. The van der Waals surface area contributed by atoms with Gasteiger partial charge in [0, 0.05) is 20.9 Å². The van der Waals surface area contributed by atoms with Crippen LogP contribution in [0.2, 0.25) is 0 Å². The molecule has 0 bridgehead atoms. The molecule has 0 aliphatic heterocycles. The number of hydrogen-bond donors (Lipinski definition) is 1. The van der Waals surface area contributed by atoms with Gasteiger partial charge in [-0.1, -0.05) is 64.5 Å². The summed E-state index contributed by atoms with van der Waals surface area (Å²) in [6, 6.07) is 27.0. The zero-order chi connectivity index (χ0) is 16.8. The Balaban J connectivity index is 1.68. The summed E-state index contributed by atoms with van der Waals surface area (Å²) in [6.45, 7) is 0. The van der Waals surface area contributed by atoms with Crippen LogP contribution in [-0.2, 0) is 0 Å². The van der Waals surface area contributed by atoms with Crippen LogP contribution in [0.25, 0.3) is 32.7 Å². The molecule has 1 aromatic heterocycles. The van der Waals surface area contributed by atoms with Crippen LogP contribution >= 0.6 is 15.9 Å². The van der Waals surface area contributed by atoms with E-state index in [-0.39, 0.29) is 0 Å². The second-order valence-corrected chi connectivity index (χ2v) is 7.03. The number of anilines is 2. The van der Waals surface area contributed by atoms with Gasteiger partial charge in [0.05, 0.1) is 5.69 Å². The van der Waals surface area contributed by atoms with E-state index in [0.717, 1.165) is 37.8 Å². The fourth-order valence-corrected chi connectivity index (χ4v) is 3.77. The Hall–Kier alpha value is -2.78. The third kappa shape index (κ3) is 2.48. The minimum absolute atomic E-state index is 0.873. The van der Waals surface area contributed by atoms with Crippen LogP contribution in [0.1, 0.15) is 0 Å². The summed E-state index contributed by atoms with van der Waals surface area (Å²) in [5, 5.41) is 8.19. The van der Waals surface area contributed by atoms with Crippen LogP contribution in [-0.4, -0.2) is 0 Å². The largest absolute Gasteiger partial charge is 0.454 e. The Morgan fingerprint density at radius 2 is 1.52 bits per heavy atom. The molecule has 25 heavy (non-hydrogen) atoms. The molecule has 0 atom stereocenters. The highest BCUT2D eigenvalue weighted by molar-refractivity contribution is 9.10. The van der Waals surface area contributed by atoms with Crippen molar-refractivity contribution in [2.75, 3.05) is 5.32 Å². The van der Waals surface area contributed by atoms with Gasteiger partial charge < -0.3 is 9.73 Å². The van der Waals surface area contributed by atoms with Gasteiger partial charge >= 0.3 is 0 Å². The smallest absolute Gasteiger partial charge is 0.158 e. The number of benzene rings is 4. The first-order valence-corrected chi connectivity index (χ1v) is 8.94. The molecule has 4 aromatic carbocycles. The highest BCUT2D eigenvalue weighted by Gasteiger charge is 2.12. The average Bonchev–Trinajstić information content (AvgIpc) is 3.01. The van der Waals surface area contributed by atoms with Gasteiger partial charge in [0.15, 0.2) is 5.58 Å². The lowest BCUT2D eigenvalue weighted by Gasteiger charge is -2.09. The van der Waals surface area contributed by atoms with Gasteiger partial charge in [0.25, 0.3) is 0 Å². The lowest BCUT2D eigenvalue weighted by molar-refractivity contribution is 0.670. The molecule has 1 heterocycles. The van der Waals surface area contributed by atoms with Crippen molar-refractivity contribution in [1.82, 2.24) is 0 Å². The molecule has 3 heteroatoms. The van der Waals surface area contributed by atoms with Crippen molar-refractivity contribution >= 4 is 60.0 Å². The van der Waals surface area contributed by atoms with Crippen LogP contribution in [0.15, 0.2) is 87.8 Å². The maximum absolute atomic E-state index is 6.11. The summed E-state index contributed by atoms with van der Waals surface area (Å²) in [4.78, 5) is 0. The van der Waals surface area contributed by atoms with Gasteiger partial charge in [-0.15, -0.1) is 0 Å². The van der Waals surface area contributed by atoms with Crippen molar-refractivity contribution in [3.63, 3.8) is 0 Å². The molecular formula is C22H14BrNO. The zero-order valence-electron chi connectivity index (χ0n) is 13.3. The van der Waals surface area contributed by atoms with Crippen molar-refractivity contribution in [3.8, 4) is 0 Å². The molecule has 0 radical (unpaired) electrons. The summed E-state index contributed by atoms with van der Waals surface area (Å²) >= 11 is 3.63. The topological polar surface area (TPSA) is 25.2 Å². The molecule has 5 aromatic rings. The van der Waals surface area contributed by atoms with E-state index in [0.29, 0.717) is 0 Å². The van der Waals surface area contributed by atoms with Gasteiger partial charge in [-0.2, -0.15) is 0 Å². The van der Waals surface area contributed by atoms with Crippen LogP contribution in [0.4, 0.5) is 11.4 Å². The van der Waals surface area contributed by atoms with E-state index in [1.807, 2.05) is 18.2 Å². The van der Waals surface area contributed by atoms with Crippen molar-refractivity contribution in [1.29, 1.82) is 0 Å². The Bertz CT molecular complexity index is 1240. The molecule has 0 saturated carbocycles.